The van der Waals surface area contributed by atoms with Crippen molar-refractivity contribution in [1.29, 1.82) is 0 Å². The maximum Gasteiger partial charge on any atom is 0.0470 e. The Hall–Kier alpha value is -1.50. The Morgan fingerprint density at radius 2 is 1.79 bits per heavy atom. The van der Waals surface area contributed by atoms with E-state index in [4.69, 9.17) is 0 Å². The van der Waals surface area contributed by atoms with Crippen LogP contribution in [0.5, 0.6) is 0 Å². The first-order chi connectivity index (χ1) is 6.88. The van der Waals surface area contributed by atoms with Gasteiger partial charge in [0.15, 0.2) is 0 Å². The van der Waals surface area contributed by atoms with E-state index >= 15 is 0 Å². The van der Waals surface area contributed by atoms with Crippen molar-refractivity contribution in [2.45, 2.75) is 19.9 Å². The van der Waals surface area contributed by atoms with Crippen molar-refractivity contribution in [3.63, 3.8) is 0 Å². The summed E-state index contributed by atoms with van der Waals surface area (Å²) in [6, 6.07) is 12.7. The zero-order valence-corrected chi connectivity index (χ0v) is 8.48. The molecule has 1 heteroatoms. The summed E-state index contributed by atoms with van der Waals surface area (Å²) in [6.45, 7) is 3.16. The molecule has 0 saturated heterocycles. The lowest BCUT2D eigenvalue weighted by molar-refractivity contribution is 0.802. The largest absolute Gasteiger partial charge is 0.350 e. The lowest BCUT2D eigenvalue weighted by Crippen LogP contribution is -1.95. The summed E-state index contributed by atoms with van der Waals surface area (Å²) in [7, 11) is 0. The third kappa shape index (κ3) is 2.05. The molecule has 0 saturated carbocycles. The summed E-state index contributed by atoms with van der Waals surface area (Å²) in [4.78, 5) is 0. The molecule has 2 rings (SSSR count). The number of hydrogen-bond donors (Lipinski definition) is 0. The van der Waals surface area contributed by atoms with Crippen molar-refractivity contribution in [3.05, 3.63) is 59.9 Å². The molecule has 1 nitrogen and oxygen atoms in total. The van der Waals surface area contributed by atoms with Gasteiger partial charge in [-0.3, -0.25) is 0 Å². The Kier molecular flexibility index (Phi) is 2.68. The Morgan fingerprint density at radius 3 is 2.43 bits per heavy atom. The summed E-state index contributed by atoms with van der Waals surface area (Å²) in [5.74, 6) is 0. The number of nitrogens with zero attached hydrogens (tertiary/aromatic N) is 1. The lowest BCUT2D eigenvalue weighted by Gasteiger charge is -2.02. The van der Waals surface area contributed by atoms with Gasteiger partial charge in [-0.1, -0.05) is 37.3 Å². The molecule has 0 spiro atoms. The molecular formula is C13H15N. The number of rotatable bonds is 3. The molecule has 1 aromatic carbocycles. The fourth-order valence-electron chi connectivity index (χ4n) is 1.59. The van der Waals surface area contributed by atoms with Crippen LogP contribution in [0.2, 0.25) is 0 Å². The molecule has 0 radical (unpaired) electrons. The highest BCUT2D eigenvalue weighted by Crippen LogP contribution is 2.06. The molecule has 0 unspecified atom stereocenters. The van der Waals surface area contributed by atoms with E-state index in [9.17, 15) is 0 Å². The van der Waals surface area contributed by atoms with E-state index in [1.54, 1.807) is 0 Å². The maximum absolute atomic E-state index is 2.23. The second kappa shape index (κ2) is 4.14. The fraction of sp³-hybridized carbons (Fsp3) is 0.231. The standard InChI is InChI=1S/C13H15N/c1-2-12-8-9-14(10-12)11-13-6-4-3-5-7-13/h3-10H,2,11H2,1H3. The third-order valence-corrected chi connectivity index (χ3v) is 2.43. The molecule has 14 heavy (non-hydrogen) atoms. The number of aromatic nitrogens is 1. The molecule has 0 aliphatic heterocycles. The summed E-state index contributed by atoms with van der Waals surface area (Å²) in [6.07, 6.45) is 5.47. The van der Waals surface area contributed by atoms with Crippen molar-refractivity contribution in [2.24, 2.45) is 0 Å². The SMILES string of the molecule is CCc1ccn(Cc2ccccc2)c1. The summed E-state index contributed by atoms with van der Waals surface area (Å²) >= 11 is 0. The van der Waals surface area contributed by atoms with Gasteiger partial charge in [0.2, 0.25) is 0 Å². The Morgan fingerprint density at radius 1 is 1.00 bits per heavy atom. The highest BCUT2D eigenvalue weighted by atomic mass is 14.9. The number of aryl methyl sites for hydroxylation is 1. The quantitative estimate of drug-likeness (QED) is 0.692. The van der Waals surface area contributed by atoms with Crippen LogP contribution in [0.3, 0.4) is 0 Å². The van der Waals surface area contributed by atoms with Crippen molar-refractivity contribution in [2.75, 3.05) is 0 Å². The minimum atomic E-state index is 0.973. The maximum atomic E-state index is 2.23. The van der Waals surface area contributed by atoms with Crippen molar-refractivity contribution >= 4 is 0 Å². The first-order valence-electron chi connectivity index (χ1n) is 5.07. The van der Waals surface area contributed by atoms with E-state index in [1.165, 1.54) is 11.1 Å². The van der Waals surface area contributed by atoms with Crippen LogP contribution in [-0.4, -0.2) is 4.57 Å². The average molecular weight is 185 g/mol. The summed E-state index contributed by atoms with van der Waals surface area (Å²) in [5, 5.41) is 0. The van der Waals surface area contributed by atoms with Gasteiger partial charge in [-0.05, 0) is 23.6 Å². The predicted octanol–water partition coefficient (Wildman–Crippen LogP) is 3.10. The van der Waals surface area contributed by atoms with Gasteiger partial charge in [0.1, 0.15) is 0 Å². The van der Waals surface area contributed by atoms with E-state index in [2.05, 4.69) is 60.3 Å². The Bertz CT molecular complexity index is 387. The second-order valence-corrected chi connectivity index (χ2v) is 3.53. The second-order valence-electron chi connectivity index (χ2n) is 3.53. The average Bonchev–Trinajstić information content (AvgIpc) is 2.67. The highest BCUT2D eigenvalue weighted by molar-refractivity contribution is 5.17. The summed E-state index contributed by atoms with van der Waals surface area (Å²) in [5.41, 5.74) is 2.76. The van der Waals surface area contributed by atoms with Crippen LogP contribution >= 0.6 is 0 Å². The van der Waals surface area contributed by atoms with Crippen LogP contribution in [0.25, 0.3) is 0 Å². The van der Waals surface area contributed by atoms with Crippen LogP contribution in [0.4, 0.5) is 0 Å². The van der Waals surface area contributed by atoms with Gasteiger partial charge in [0, 0.05) is 18.9 Å². The Balaban J connectivity index is 2.11. The topological polar surface area (TPSA) is 4.93 Å². The smallest absolute Gasteiger partial charge is 0.0470 e. The van der Waals surface area contributed by atoms with E-state index in [-0.39, 0.29) is 0 Å². The van der Waals surface area contributed by atoms with Gasteiger partial charge in [-0.2, -0.15) is 0 Å². The molecule has 0 aliphatic carbocycles. The molecule has 1 heterocycles. The van der Waals surface area contributed by atoms with Crippen molar-refractivity contribution in [1.82, 2.24) is 4.57 Å². The molecule has 0 amide bonds. The van der Waals surface area contributed by atoms with Gasteiger partial charge >= 0.3 is 0 Å². The van der Waals surface area contributed by atoms with Crippen molar-refractivity contribution < 1.29 is 0 Å². The van der Waals surface area contributed by atoms with Gasteiger partial charge in [0.25, 0.3) is 0 Å². The predicted molar refractivity (Wildman–Crippen MR) is 59.4 cm³/mol. The minimum Gasteiger partial charge on any atom is -0.350 e. The van der Waals surface area contributed by atoms with E-state index < -0.39 is 0 Å². The molecule has 0 atom stereocenters. The lowest BCUT2D eigenvalue weighted by atomic mass is 10.2. The van der Waals surface area contributed by atoms with Crippen LogP contribution in [0.15, 0.2) is 48.8 Å². The molecule has 0 N–H and O–H groups in total. The molecule has 0 fully saturated rings. The minimum absolute atomic E-state index is 0.973. The molecule has 1 aromatic heterocycles. The van der Waals surface area contributed by atoms with Crippen LogP contribution < -0.4 is 0 Å². The zero-order valence-electron chi connectivity index (χ0n) is 8.48. The normalized spacial score (nSPS) is 10.4. The number of hydrogen-bond acceptors (Lipinski definition) is 0. The summed E-state index contributed by atoms with van der Waals surface area (Å²) < 4.78 is 2.23. The van der Waals surface area contributed by atoms with Gasteiger partial charge in [0.05, 0.1) is 0 Å². The van der Waals surface area contributed by atoms with Gasteiger partial charge < -0.3 is 4.57 Å². The van der Waals surface area contributed by atoms with Gasteiger partial charge in [-0.15, -0.1) is 0 Å². The first kappa shape index (κ1) is 9.07. The van der Waals surface area contributed by atoms with E-state index in [0.717, 1.165) is 13.0 Å². The van der Waals surface area contributed by atoms with E-state index in [0.29, 0.717) is 0 Å². The molecule has 2 aromatic rings. The monoisotopic (exact) mass is 185 g/mol. The van der Waals surface area contributed by atoms with E-state index in [1.807, 2.05) is 0 Å². The Labute approximate surface area is 85.0 Å². The first-order valence-corrected chi connectivity index (χ1v) is 5.07. The zero-order chi connectivity index (χ0) is 9.80. The fourth-order valence-corrected chi connectivity index (χ4v) is 1.59. The third-order valence-electron chi connectivity index (χ3n) is 2.43. The molecule has 0 bridgehead atoms. The highest BCUT2D eigenvalue weighted by Gasteiger charge is 1.95. The van der Waals surface area contributed by atoms with Crippen LogP contribution in [-0.2, 0) is 13.0 Å². The van der Waals surface area contributed by atoms with Gasteiger partial charge in [-0.25, -0.2) is 0 Å². The molecule has 72 valence electrons. The molecular weight excluding hydrogens is 170 g/mol. The van der Waals surface area contributed by atoms with Crippen LogP contribution in [0.1, 0.15) is 18.1 Å². The van der Waals surface area contributed by atoms with Crippen LogP contribution in [0, 0.1) is 0 Å². The molecule has 0 aliphatic rings. The number of benzene rings is 1. The van der Waals surface area contributed by atoms with Crippen molar-refractivity contribution in [3.8, 4) is 0 Å².